The number of halogens is 5. The number of hydrogen-bond donors (Lipinski definition) is 5. The summed E-state index contributed by atoms with van der Waals surface area (Å²) in [6, 6.07) is 7.23. The minimum Gasteiger partial charge on any atom is -0.464 e. The number of aromatic amines is 1. The summed E-state index contributed by atoms with van der Waals surface area (Å²) in [7, 11) is -4.34. The summed E-state index contributed by atoms with van der Waals surface area (Å²) in [5.74, 6) is -0.0161. The Bertz CT molecular complexity index is 1430. The predicted molar refractivity (Wildman–Crippen MR) is 132 cm³/mol. The minimum absolute atomic E-state index is 0.0161. The number of rotatable bonds is 8. The Labute approximate surface area is 219 Å². The van der Waals surface area contributed by atoms with Crippen molar-refractivity contribution >= 4 is 56.2 Å². The second kappa shape index (κ2) is 10.5. The van der Waals surface area contributed by atoms with Gasteiger partial charge in [0.15, 0.2) is 5.69 Å². The highest BCUT2D eigenvalue weighted by Crippen LogP contribution is 2.36. The van der Waals surface area contributed by atoms with Gasteiger partial charge in [0.05, 0.1) is 11.1 Å². The van der Waals surface area contributed by atoms with E-state index in [0.717, 1.165) is 28.2 Å². The highest BCUT2D eigenvalue weighted by Gasteiger charge is 2.36. The topological polar surface area (TPSA) is 139 Å². The van der Waals surface area contributed by atoms with Crippen molar-refractivity contribution in [3.8, 4) is 0 Å². The molecule has 0 bridgehead atoms. The molecule has 1 aliphatic rings. The molecule has 1 aromatic carbocycles. The van der Waals surface area contributed by atoms with E-state index in [0.29, 0.717) is 24.5 Å². The number of carbonyl (C=O) groups is 1. The molecule has 1 atom stereocenters. The fourth-order valence-electron chi connectivity index (χ4n) is 4.29. The van der Waals surface area contributed by atoms with E-state index < -0.39 is 39.2 Å². The van der Waals surface area contributed by atoms with Gasteiger partial charge in [0.2, 0.25) is 0 Å². The standard InChI is InChI=1S/C21H21Cl2F3N6O4S/c22-11-1-3-15-13(9-11)12-5-7-32(16(18(12)29-15)10-28-37(35,36)31-20(33)34)8-6-27-17-4-2-14(23)19(30-17)21(24,25)26/h1-4,9,16,28-29,31H,5-8,10H2,(H,27,30)(H,33,34). The molecule has 4 rings (SSSR count). The van der Waals surface area contributed by atoms with E-state index in [9.17, 15) is 26.4 Å². The molecular formula is C21H21Cl2F3N6O4S. The molecule has 0 aliphatic carbocycles. The molecule has 3 heterocycles. The molecule has 16 heteroatoms. The van der Waals surface area contributed by atoms with Crippen LogP contribution in [0.25, 0.3) is 10.9 Å². The number of nitrogens with zero attached hydrogens (tertiary/aromatic N) is 2. The molecular weight excluding hydrogens is 560 g/mol. The van der Waals surface area contributed by atoms with Gasteiger partial charge in [-0.3, -0.25) is 4.90 Å². The maximum atomic E-state index is 13.1. The molecule has 37 heavy (non-hydrogen) atoms. The fraction of sp³-hybridized carbons (Fsp3) is 0.333. The molecule has 5 N–H and O–H groups in total. The predicted octanol–water partition coefficient (Wildman–Crippen LogP) is 4.00. The maximum Gasteiger partial charge on any atom is 0.434 e. The second-order valence-corrected chi connectivity index (χ2v) is 10.6. The quantitative estimate of drug-likeness (QED) is 0.271. The molecule has 1 aliphatic heterocycles. The number of alkyl halides is 3. The summed E-state index contributed by atoms with van der Waals surface area (Å²) in [4.78, 5) is 19.6. The number of carboxylic acid groups (broad SMARTS) is 1. The first-order valence-corrected chi connectivity index (χ1v) is 13.1. The van der Waals surface area contributed by atoms with E-state index >= 15 is 0 Å². The summed E-state index contributed by atoms with van der Waals surface area (Å²) in [5, 5.41) is 12.5. The summed E-state index contributed by atoms with van der Waals surface area (Å²) in [6.07, 6.45) is -5.83. The van der Waals surface area contributed by atoms with Crippen molar-refractivity contribution in [3.05, 3.63) is 57.3 Å². The van der Waals surface area contributed by atoms with Crippen LogP contribution in [0, 0.1) is 0 Å². The Morgan fingerprint density at radius 3 is 2.70 bits per heavy atom. The van der Waals surface area contributed by atoms with Gasteiger partial charge in [-0.15, -0.1) is 0 Å². The van der Waals surface area contributed by atoms with Crippen LogP contribution >= 0.6 is 23.2 Å². The van der Waals surface area contributed by atoms with Crippen LogP contribution in [0.4, 0.5) is 23.8 Å². The van der Waals surface area contributed by atoms with Gasteiger partial charge in [0.1, 0.15) is 5.82 Å². The van der Waals surface area contributed by atoms with Gasteiger partial charge < -0.3 is 15.4 Å². The summed E-state index contributed by atoms with van der Waals surface area (Å²) in [6.45, 7) is 0.812. The second-order valence-electron chi connectivity index (χ2n) is 8.22. The van der Waals surface area contributed by atoms with Crippen LogP contribution in [0.2, 0.25) is 10.0 Å². The van der Waals surface area contributed by atoms with Crippen LogP contribution in [0.15, 0.2) is 30.3 Å². The highest BCUT2D eigenvalue weighted by atomic mass is 35.5. The monoisotopic (exact) mass is 580 g/mol. The van der Waals surface area contributed by atoms with Gasteiger partial charge >= 0.3 is 22.5 Å². The van der Waals surface area contributed by atoms with Crippen LogP contribution in [-0.2, 0) is 22.8 Å². The van der Waals surface area contributed by atoms with Crippen LogP contribution < -0.4 is 14.8 Å². The van der Waals surface area contributed by atoms with Gasteiger partial charge in [0, 0.05) is 47.8 Å². The van der Waals surface area contributed by atoms with E-state index in [2.05, 4.69) is 20.0 Å². The molecule has 0 spiro atoms. The number of fused-ring (bicyclic) bond motifs is 3. The van der Waals surface area contributed by atoms with E-state index in [1.54, 1.807) is 18.2 Å². The lowest BCUT2D eigenvalue weighted by Gasteiger charge is -2.36. The number of H-pyrrole nitrogens is 1. The van der Waals surface area contributed by atoms with Gasteiger partial charge in [-0.1, -0.05) is 23.2 Å². The zero-order valence-electron chi connectivity index (χ0n) is 18.9. The van der Waals surface area contributed by atoms with Crippen molar-refractivity contribution in [1.29, 1.82) is 0 Å². The first-order valence-electron chi connectivity index (χ1n) is 10.9. The fourth-order valence-corrected chi connectivity index (χ4v) is 5.36. The minimum atomic E-state index is -4.71. The van der Waals surface area contributed by atoms with Crippen LogP contribution in [0.1, 0.15) is 23.0 Å². The van der Waals surface area contributed by atoms with Gasteiger partial charge in [-0.25, -0.2) is 14.5 Å². The van der Waals surface area contributed by atoms with Crippen LogP contribution in [-0.4, -0.2) is 60.7 Å². The lowest BCUT2D eigenvalue weighted by molar-refractivity contribution is -0.141. The van der Waals surface area contributed by atoms with E-state index in [4.69, 9.17) is 28.3 Å². The molecule has 200 valence electrons. The van der Waals surface area contributed by atoms with Crippen LogP contribution in [0.5, 0.6) is 0 Å². The van der Waals surface area contributed by atoms with Crippen LogP contribution in [0.3, 0.4) is 0 Å². The highest BCUT2D eigenvalue weighted by molar-refractivity contribution is 7.88. The number of pyridine rings is 1. The molecule has 2 aromatic heterocycles. The van der Waals surface area contributed by atoms with Gasteiger partial charge in [0.25, 0.3) is 0 Å². The number of nitrogens with one attached hydrogen (secondary N) is 4. The number of anilines is 1. The molecule has 0 saturated carbocycles. The summed E-state index contributed by atoms with van der Waals surface area (Å²) < 4.78 is 67.2. The molecule has 1 unspecified atom stereocenters. The van der Waals surface area contributed by atoms with E-state index in [-0.39, 0.29) is 18.9 Å². The van der Waals surface area contributed by atoms with Crippen molar-refractivity contribution in [2.45, 2.75) is 18.6 Å². The third-order valence-corrected chi connectivity index (χ3v) is 7.36. The van der Waals surface area contributed by atoms with E-state index in [1.807, 2.05) is 4.90 Å². The summed E-state index contributed by atoms with van der Waals surface area (Å²) >= 11 is 11.8. The normalized spacial score (nSPS) is 16.5. The lowest BCUT2D eigenvalue weighted by Crippen LogP contribution is -2.47. The SMILES string of the molecule is O=C(O)NS(=O)(=O)NCC1c2[nH]c3ccc(Cl)cc3c2CCN1CCNc1ccc(Cl)c(C(F)(F)F)n1. The average Bonchev–Trinajstić information content (AvgIpc) is 3.15. The molecule has 0 saturated heterocycles. The zero-order valence-corrected chi connectivity index (χ0v) is 21.2. The summed E-state index contributed by atoms with van der Waals surface area (Å²) in [5.41, 5.74) is 1.28. The Kier molecular flexibility index (Phi) is 7.76. The van der Waals surface area contributed by atoms with Gasteiger partial charge in [-0.05, 0) is 42.3 Å². The number of amides is 1. The molecule has 10 nitrogen and oxygen atoms in total. The first kappa shape index (κ1) is 27.3. The maximum absolute atomic E-state index is 13.1. The van der Waals surface area contributed by atoms with E-state index in [1.165, 1.54) is 10.8 Å². The van der Waals surface area contributed by atoms with Crippen molar-refractivity contribution in [2.75, 3.05) is 31.5 Å². The third kappa shape index (κ3) is 6.38. The van der Waals surface area contributed by atoms with Crippen molar-refractivity contribution in [1.82, 2.24) is 24.3 Å². The van der Waals surface area contributed by atoms with Gasteiger partial charge in [-0.2, -0.15) is 26.3 Å². The number of benzene rings is 1. The first-order chi connectivity index (χ1) is 17.3. The Balaban J connectivity index is 1.54. The zero-order chi connectivity index (χ0) is 27.0. The van der Waals surface area contributed by atoms with Crippen molar-refractivity contribution < 1.29 is 31.5 Å². The molecule has 3 aromatic rings. The third-order valence-electron chi connectivity index (χ3n) is 5.83. The Morgan fingerprint density at radius 2 is 2.00 bits per heavy atom. The lowest BCUT2D eigenvalue weighted by atomic mass is 9.97. The smallest absolute Gasteiger partial charge is 0.434 e. The molecule has 1 amide bonds. The van der Waals surface area contributed by atoms with Crippen molar-refractivity contribution in [3.63, 3.8) is 0 Å². The Hall–Kier alpha value is -2.78. The average molecular weight is 581 g/mol. The number of aromatic nitrogens is 2. The molecule has 0 radical (unpaired) electrons. The number of hydrogen-bond acceptors (Lipinski definition) is 6. The Morgan fingerprint density at radius 1 is 1.24 bits per heavy atom. The largest absolute Gasteiger partial charge is 0.464 e. The molecule has 0 fully saturated rings. The van der Waals surface area contributed by atoms with Crippen molar-refractivity contribution in [2.24, 2.45) is 0 Å².